The number of hydrogen-bond acceptors (Lipinski definition) is 5. The number of hydrogen-bond donors (Lipinski definition) is 2. The molecule has 0 bridgehead atoms. The third-order valence-electron chi connectivity index (χ3n) is 5.64. The zero-order valence-electron chi connectivity index (χ0n) is 19.1. The topological polar surface area (TPSA) is 88.4 Å². The SMILES string of the molecule is Cc1ccccc1S(=O)(=O)Nc1ccc(CNc2cc(-c3ccccc3Cl)nc3c(Br)cnn23)cc1. The molecule has 0 aliphatic carbocycles. The van der Waals surface area contributed by atoms with Gasteiger partial charge in [-0.2, -0.15) is 9.61 Å². The Labute approximate surface area is 222 Å². The molecule has 2 heterocycles. The van der Waals surface area contributed by atoms with Gasteiger partial charge in [-0.3, -0.25) is 4.72 Å². The van der Waals surface area contributed by atoms with Crippen molar-refractivity contribution in [3.05, 3.63) is 106 Å². The lowest BCUT2D eigenvalue weighted by Crippen LogP contribution is -2.14. The van der Waals surface area contributed by atoms with E-state index in [1.54, 1.807) is 48.0 Å². The Morgan fingerprint density at radius 3 is 2.47 bits per heavy atom. The highest BCUT2D eigenvalue weighted by molar-refractivity contribution is 9.10. The van der Waals surface area contributed by atoms with Crippen LogP contribution < -0.4 is 10.0 Å². The predicted octanol–water partition coefficient (Wildman–Crippen LogP) is 6.53. The van der Waals surface area contributed by atoms with Gasteiger partial charge < -0.3 is 5.32 Å². The third kappa shape index (κ3) is 4.95. The molecule has 182 valence electrons. The van der Waals surface area contributed by atoms with Crippen molar-refractivity contribution in [1.82, 2.24) is 14.6 Å². The highest BCUT2D eigenvalue weighted by Crippen LogP contribution is 2.30. The summed E-state index contributed by atoms with van der Waals surface area (Å²) in [6.45, 7) is 2.26. The van der Waals surface area contributed by atoms with Crippen LogP contribution in [0.4, 0.5) is 11.5 Å². The lowest BCUT2D eigenvalue weighted by atomic mass is 10.1. The summed E-state index contributed by atoms with van der Waals surface area (Å²) in [6.07, 6.45) is 1.69. The zero-order chi connectivity index (χ0) is 25.3. The molecule has 3 aromatic carbocycles. The maximum atomic E-state index is 12.8. The van der Waals surface area contributed by atoms with Crippen molar-refractivity contribution < 1.29 is 8.42 Å². The van der Waals surface area contributed by atoms with E-state index in [0.717, 1.165) is 27.1 Å². The standard InChI is InChI=1S/C26H21BrClN5O2S/c1-17-6-2-5-9-24(17)36(34,35)32-19-12-10-18(11-13-19)15-29-25-14-23(20-7-3-4-8-22(20)28)31-26-21(27)16-30-33(25)26/h2-14,16,29,32H,15H2,1H3. The molecule has 10 heteroatoms. The van der Waals surface area contributed by atoms with Crippen LogP contribution in [-0.2, 0) is 16.6 Å². The van der Waals surface area contributed by atoms with Crippen molar-refractivity contribution in [3.63, 3.8) is 0 Å². The smallest absolute Gasteiger partial charge is 0.262 e. The maximum absolute atomic E-state index is 12.8. The highest BCUT2D eigenvalue weighted by Gasteiger charge is 2.16. The lowest BCUT2D eigenvalue weighted by Gasteiger charge is -2.13. The minimum absolute atomic E-state index is 0.261. The van der Waals surface area contributed by atoms with Crippen molar-refractivity contribution in [1.29, 1.82) is 0 Å². The summed E-state index contributed by atoms with van der Waals surface area (Å²) in [4.78, 5) is 4.98. The second-order valence-electron chi connectivity index (χ2n) is 8.16. The van der Waals surface area contributed by atoms with E-state index in [2.05, 4.69) is 31.1 Å². The summed E-state index contributed by atoms with van der Waals surface area (Å²) < 4.78 is 30.7. The van der Waals surface area contributed by atoms with Gasteiger partial charge in [0.2, 0.25) is 0 Å². The first-order valence-corrected chi connectivity index (χ1v) is 13.7. The molecular formula is C26H21BrClN5O2S. The summed E-state index contributed by atoms with van der Waals surface area (Å²) in [7, 11) is -3.67. The van der Waals surface area contributed by atoms with Gasteiger partial charge in [-0.15, -0.1) is 0 Å². The van der Waals surface area contributed by atoms with E-state index in [1.165, 1.54) is 0 Å². The van der Waals surface area contributed by atoms with Gasteiger partial charge in [0.05, 0.1) is 21.3 Å². The Morgan fingerprint density at radius 2 is 1.72 bits per heavy atom. The molecule has 2 aromatic heterocycles. The van der Waals surface area contributed by atoms with Crippen LogP contribution in [0.25, 0.3) is 16.9 Å². The molecule has 0 unspecified atom stereocenters. The van der Waals surface area contributed by atoms with Gasteiger partial charge in [-0.05, 0) is 58.2 Å². The van der Waals surface area contributed by atoms with E-state index in [-0.39, 0.29) is 4.90 Å². The lowest BCUT2D eigenvalue weighted by molar-refractivity contribution is 0.600. The number of fused-ring (bicyclic) bond motifs is 1. The van der Waals surface area contributed by atoms with Crippen LogP contribution in [0.1, 0.15) is 11.1 Å². The number of rotatable bonds is 7. The van der Waals surface area contributed by atoms with Crippen molar-refractivity contribution in [2.45, 2.75) is 18.4 Å². The van der Waals surface area contributed by atoms with E-state index in [9.17, 15) is 8.42 Å². The molecule has 0 fully saturated rings. The number of benzene rings is 3. The Hall–Kier alpha value is -3.40. The number of halogens is 2. The first-order valence-electron chi connectivity index (χ1n) is 11.0. The molecule has 5 rings (SSSR count). The van der Waals surface area contributed by atoms with E-state index in [0.29, 0.717) is 28.5 Å². The predicted molar refractivity (Wildman–Crippen MR) is 147 cm³/mol. The molecule has 0 amide bonds. The van der Waals surface area contributed by atoms with Crippen molar-refractivity contribution in [2.24, 2.45) is 0 Å². The summed E-state index contributed by atoms with van der Waals surface area (Å²) in [6, 6.07) is 23.6. The Balaban J connectivity index is 1.36. The van der Waals surface area contributed by atoms with Crippen LogP contribution in [0.2, 0.25) is 5.02 Å². The Morgan fingerprint density at radius 1 is 1.00 bits per heavy atom. The van der Waals surface area contributed by atoms with Crippen LogP contribution in [0.5, 0.6) is 0 Å². The van der Waals surface area contributed by atoms with Gasteiger partial charge in [0, 0.05) is 28.9 Å². The minimum atomic E-state index is -3.67. The number of nitrogens with one attached hydrogen (secondary N) is 2. The molecular weight excluding hydrogens is 562 g/mol. The number of aryl methyl sites for hydroxylation is 1. The summed E-state index contributed by atoms with van der Waals surface area (Å²) in [5, 5.41) is 8.43. The Kier molecular flexibility index (Phi) is 6.70. The molecule has 0 aliphatic heterocycles. The normalized spacial score (nSPS) is 11.5. The largest absolute Gasteiger partial charge is 0.366 e. The van der Waals surface area contributed by atoms with Gasteiger partial charge >= 0.3 is 0 Å². The highest BCUT2D eigenvalue weighted by atomic mass is 79.9. The number of nitrogens with zero attached hydrogens (tertiary/aromatic N) is 3. The van der Waals surface area contributed by atoms with E-state index >= 15 is 0 Å². The quantitative estimate of drug-likeness (QED) is 0.228. The summed E-state index contributed by atoms with van der Waals surface area (Å²) in [5.41, 5.74) is 4.35. The van der Waals surface area contributed by atoms with Gasteiger partial charge in [0.1, 0.15) is 5.82 Å². The fourth-order valence-corrected chi connectivity index (χ4v) is 5.71. The molecule has 2 N–H and O–H groups in total. The molecule has 0 spiro atoms. The van der Waals surface area contributed by atoms with Gasteiger partial charge in [0.15, 0.2) is 5.65 Å². The fraction of sp³-hybridized carbons (Fsp3) is 0.0769. The van der Waals surface area contributed by atoms with Crippen molar-refractivity contribution in [3.8, 4) is 11.3 Å². The molecule has 0 radical (unpaired) electrons. The second kappa shape index (κ2) is 9.93. The first kappa shape index (κ1) is 24.3. The summed E-state index contributed by atoms with van der Waals surface area (Å²) in [5.74, 6) is 0.741. The van der Waals surface area contributed by atoms with Crippen molar-refractivity contribution >= 4 is 54.7 Å². The maximum Gasteiger partial charge on any atom is 0.262 e. The first-order chi connectivity index (χ1) is 17.3. The molecule has 0 aliphatic rings. The van der Waals surface area contributed by atoms with Gasteiger partial charge in [-0.25, -0.2) is 13.4 Å². The Bertz CT molecular complexity index is 1670. The number of anilines is 2. The van der Waals surface area contributed by atoms with Crippen molar-refractivity contribution in [2.75, 3.05) is 10.0 Å². The molecule has 36 heavy (non-hydrogen) atoms. The number of sulfonamides is 1. The molecule has 0 saturated carbocycles. The fourth-order valence-electron chi connectivity index (χ4n) is 3.82. The van der Waals surface area contributed by atoms with Gasteiger partial charge in [0.25, 0.3) is 10.0 Å². The van der Waals surface area contributed by atoms with E-state index in [4.69, 9.17) is 16.6 Å². The molecule has 7 nitrogen and oxygen atoms in total. The van der Waals surface area contributed by atoms with E-state index in [1.807, 2.05) is 48.5 Å². The van der Waals surface area contributed by atoms with Crippen LogP contribution >= 0.6 is 27.5 Å². The number of aromatic nitrogens is 3. The monoisotopic (exact) mass is 581 g/mol. The average molecular weight is 583 g/mol. The van der Waals surface area contributed by atoms with Crippen LogP contribution in [-0.4, -0.2) is 23.0 Å². The minimum Gasteiger partial charge on any atom is -0.366 e. The van der Waals surface area contributed by atoms with Gasteiger partial charge in [-0.1, -0.05) is 60.1 Å². The van der Waals surface area contributed by atoms with Crippen LogP contribution in [0, 0.1) is 6.92 Å². The van der Waals surface area contributed by atoms with E-state index < -0.39 is 10.0 Å². The average Bonchev–Trinajstić information content (AvgIpc) is 3.24. The third-order valence-corrected chi connectivity index (χ3v) is 8.07. The summed E-state index contributed by atoms with van der Waals surface area (Å²) >= 11 is 9.93. The van der Waals surface area contributed by atoms with Crippen LogP contribution in [0.3, 0.4) is 0 Å². The van der Waals surface area contributed by atoms with Crippen LogP contribution in [0.15, 0.2) is 94.4 Å². The zero-order valence-corrected chi connectivity index (χ0v) is 22.3. The molecule has 0 atom stereocenters. The molecule has 0 saturated heterocycles. The molecule has 5 aromatic rings. The second-order valence-corrected chi connectivity index (χ2v) is 11.1.